The third kappa shape index (κ3) is 2.39. The van der Waals surface area contributed by atoms with E-state index in [4.69, 9.17) is 26.8 Å². The van der Waals surface area contributed by atoms with Crippen LogP contribution >= 0.6 is 11.6 Å². The van der Waals surface area contributed by atoms with Crippen LogP contribution in [0.3, 0.4) is 0 Å². The Morgan fingerprint density at radius 3 is 2.59 bits per heavy atom. The first-order chi connectivity index (χ1) is 8.22. The number of nitrogens with two attached hydrogens (primary N) is 1. The number of nitrogens with zero attached hydrogens (tertiary/aromatic N) is 2. The zero-order valence-corrected chi connectivity index (χ0v) is 9.81. The normalized spacial score (nSPS) is 10.0. The van der Waals surface area contributed by atoms with E-state index in [1.54, 1.807) is 19.2 Å². The highest BCUT2D eigenvalue weighted by Gasteiger charge is 2.11. The van der Waals surface area contributed by atoms with Crippen LogP contribution in [0.1, 0.15) is 0 Å². The van der Waals surface area contributed by atoms with Gasteiger partial charge in [-0.15, -0.1) is 0 Å². The van der Waals surface area contributed by atoms with Gasteiger partial charge in [-0.3, -0.25) is 0 Å². The van der Waals surface area contributed by atoms with E-state index < -0.39 is 0 Å². The number of anilines is 1. The number of hydrogen-bond acceptors (Lipinski definition) is 5. The van der Waals surface area contributed by atoms with Crippen molar-refractivity contribution in [1.29, 1.82) is 0 Å². The van der Waals surface area contributed by atoms with Crippen molar-refractivity contribution >= 4 is 17.4 Å². The van der Waals surface area contributed by atoms with Gasteiger partial charge in [0.2, 0.25) is 5.88 Å². The van der Waals surface area contributed by atoms with E-state index in [1.165, 1.54) is 6.33 Å². The van der Waals surface area contributed by atoms with Gasteiger partial charge in [-0.2, -0.15) is 4.98 Å². The molecule has 2 aromatic rings. The molecule has 2 N–H and O–H groups in total. The second kappa shape index (κ2) is 4.88. The highest BCUT2D eigenvalue weighted by Crippen LogP contribution is 2.34. The Labute approximate surface area is 103 Å². The van der Waals surface area contributed by atoms with E-state index in [0.717, 1.165) is 0 Å². The van der Waals surface area contributed by atoms with Crippen molar-refractivity contribution in [3.63, 3.8) is 0 Å². The Balaban J connectivity index is 2.35. The van der Waals surface area contributed by atoms with Gasteiger partial charge in [0.1, 0.15) is 17.2 Å². The highest BCUT2D eigenvalue weighted by molar-refractivity contribution is 6.34. The number of para-hydroxylation sites is 2. The van der Waals surface area contributed by atoms with E-state index in [-0.39, 0.29) is 16.7 Å². The van der Waals surface area contributed by atoms with Gasteiger partial charge in [-0.25, -0.2) is 4.98 Å². The second-order valence-electron chi connectivity index (χ2n) is 3.13. The van der Waals surface area contributed by atoms with Gasteiger partial charge in [0.25, 0.3) is 0 Å². The molecule has 0 radical (unpaired) electrons. The van der Waals surface area contributed by atoms with Gasteiger partial charge < -0.3 is 15.2 Å². The molecule has 0 saturated heterocycles. The van der Waals surface area contributed by atoms with Crippen molar-refractivity contribution in [2.75, 3.05) is 12.8 Å². The smallest absolute Gasteiger partial charge is 0.243 e. The van der Waals surface area contributed by atoms with E-state index in [1.807, 2.05) is 12.1 Å². The van der Waals surface area contributed by atoms with Crippen molar-refractivity contribution in [3.05, 3.63) is 35.6 Å². The molecule has 88 valence electrons. The average molecular weight is 252 g/mol. The largest absolute Gasteiger partial charge is 0.493 e. The van der Waals surface area contributed by atoms with Crippen molar-refractivity contribution in [1.82, 2.24) is 9.97 Å². The van der Waals surface area contributed by atoms with E-state index in [2.05, 4.69) is 9.97 Å². The summed E-state index contributed by atoms with van der Waals surface area (Å²) in [7, 11) is 1.55. The maximum Gasteiger partial charge on any atom is 0.243 e. The Morgan fingerprint density at radius 1 is 1.18 bits per heavy atom. The van der Waals surface area contributed by atoms with Crippen LogP contribution in [0.15, 0.2) is 30.6 Å². The minimum absolute atomic E-state index is 0.173. The van der Waals surface area contributed by atoms with Crippen molar-refractivity contribution in [2.45, 2.75) is 0 Å². The number of benzene rings is 1. The number of nitrogen functional groups attached to an aromatic ring is 1. The molecule has 2 rings (SSSR count). The minimum Gasteiger partial charge on any atom is -0.493 e. The van der Waals surface area contributed by atoms with Crippen molar-refractivity contribution in [2.24, 2.45) is 0 Å². The first kappa shape index (κ1) is 11.5. The Hall–Kier alpha value is -2.01. The molecule has 0 aliphatic carbocycles. The van der Waals surface area contributed by atoms with Gasteiger partial charge in [-0.1, -0.05) is 23.7 Å². The summed E-state index contributed by atoms with van der Waals surface area (Å²) in [6.07, 6.45) is 1.28. The van der Waals surface area contributed by atoms with Crippen LogP contribution in [0.25, 0.3) is 0 Å². The Kier molecular flexibility index (Phi) is 3.30. The molecule has 1 heterocycles. The number of hydrogen-bond donors (Lipinski definition) is 1. The van der Waals surface area contributed by atoms with Crippen LogP contribution in [-0.2, 0) is 0 Å². The van der Waals surface area contributed by atoms with Crippen molar-refractivity contribution < 1.29 is 9.47 Å². The summed E-state index contributed by atoms with van der Waals surface area (Å²) in [6, 6.07) is 7.17. The molecule has 0 unspecified atom stereocenters. The molecule has 0 spiro atoms. The highest BCUT2D eigenvalue weighted by atomic mass is 35.5. The lowest BCUT2D eigenvalue weighted by Crippen LogP contribution is -1.97. The predicted molar refractivity (Wildman–Crippen MR) is 64.5 cm³/mol. The zero-order chi connectivity index (χ0) is 12.3. The maximum atomic E-state index is 5.92. The monoisotopic (exact) mass is 251 g/mol. The molecular weight excluding hydrogens is 242 g/mol. The van der Waals surface area contributed by atoms with Crippen LogP contribution < -0.4 is 15.2 Å². The summed E-state index contributed by atoms with van der Waals surface area (Å²) in [6.45, 7) is 0. The third-order valence-electron chi connectivity index (χ3n) is 2.06. The molecule has 6 heteroatoms. The average Bonchev–Trinajstić information content (AvgIpc) is 2.35. The first-order valence-electron chi connectivity index (χ1n) is 4.79. The van der Waals surface area contributed by atoms with Crippen LogP contribution in [0, 0.1) is 0 Å². The van der Waals surface area contributed by atoms with E-state index in [0.29, 0.717) is 11.5 Å². The van der Waals surface area contributed by atoms with Gasteiger partial charge >= 0.3 is 0 Å². The SMILES string of the molecule is COc1ccccc1Oc1ncnc(N)c1Cl. The molecule has 0 atom stereocenters. The summed E-state index contributed by atoms with van der Waals surface area (Å²) >= 11 is 5.92. The Morgan fingerprint density at radius 2 is 1.88 bits per heavy atom. The standard InChI is InChI=1S/C11H10ClN3O2/c1-16-7-4-2-3-5-8(7)17-11-9(12)10(13)14-6-15-11/h2-6H,1H3,(H2,13,14,15). The molecule has 0 amide bonds. The molecular formula is C11H10ClN3O2. The number of ether oxygens (including phenoxy) is 2. The summed E-state index contributed by atoms with van der Waals surface area (Å²) in [5.41, 5.74) is 5.55. The number of methoxy groups -OCH3 is 1. The molecule has 17 heavy (non-hydrogen) atoms. The fourth-order valence-electron chi connectivity index (χ4n) is 1.24. The topological polar surface area (TPSA) is 70.3 Å². The van der Waals surface area contributed by atoms with E-state index in [9.17, 15) is 0 Å². The summed E-state index contributed by atoms with van der Waals surface area (Å²) < 4.78 is 10.7. The van der Waals surface area contributed by atoms with E-state index >= 15 is 0 Å². The number of halogens is 1. The minimum atomic E-state index is 0.173. The number of aromatic nitrogens is 2. The summed E-state index contributed by atoms with van der Waals surface area (Å²) in [4.78, 5) is 7.66. The lowest BCUT2D eigenvalue weighted by atomic mass is 10.3. The quantitative estimate of drug-likeness (QED) is 0.908. The Bertz CT molecular complexity index is 534. The lowest BCUT2D eigenvalue weighted by Gasteiger charge is -2.10. The molecule has 1 aromatic heterocycles. The molecule has 5 nitrogen and oxygen atoms in total. The molecule has 0 aliphatic rings. The molecule has 0 bridgehead atoms. The molecule has 0 saturated carbocycles. The molecule has 0 fully saturated rings. The van der Waals surface area contributed by atoms with Gasteiger partial charge in [-0.05, 0) is 12.1 Å². The van der Waals surface area contributed by atoms with Gasteiger partial charge in [0.15, 0.2) is 11.5 Å². The molecule has 1 aromatic carbocycles. The van der Waals surface area contributed by atoms with Crippen LogP contribution in [0.4, 0.5) is 5.82 Å². The van der Waals surface area contributed by atoms with Crippen LogP contribution in [0.2, 0.25) is 5.02 Å². The maximum absolute atomic E-state index is 5.92. The third-order valence-corrected chi connectivity index (χ3v) is 2.42. The van der Waals surface area contributed by atoms with Crippen LogP contribution in [0.5, 0.6) is 17.4 Å². The lowest BCUT2D eigenvalue weighted by molar-refractivity contribution is 0.374. The van der Waals surface area contributed by atoms with Crippen LogP contribution in [-0.4, -0.2) is 17.1 Å². The number of rotatable bonds is 3. The first-order valence-corrected chi connectivity index (χ1v) is 5.17. The zero-order valence-electron chi connectivity index (χ0n) is 9.05. The fourth-order valence-corrected chi connectivity index (χ4v) is 1.38. The van der Waals surface area contributed by atoms with Crippen molar-refractivity contribution in [3.8, 4) is 17.4 Å². The summed E-state index contributed by atoms with van der Waals surface area (Å²) in [5.74, 6) is 1.46. The van der Waals surface area contributed by atoms with Gasteiger partial charge in [0.05, 0.1) is 7.11 Å². The summed E-state index contributed by atoms with van der Waals surface area (Å²) in [5, 5.41) is 0.179. The fraction of sp³-hybridized carbons (Fsp3) is 0.0909. The van der Waals surface area contributed by atoms with Gasteiger partial charge in [0, 0.05) is 0 Å². The molecule has 0 aliphatic heterocycles. The second-order valence-corrected chi connectivity index (χ2v) is 3.51. The predicted octanol–water partition coefficient (Wildman–Crippen LogP) is 2.51.